The summed E-state index contributed by atoms with van der Waals surface area (Å²) in [6.45, 7) is 10.7. The number of nitrogens with one attached hydrogen (secondary N) is 1. The summed E-state index contributed by atoms with van der Waals surface area (Å²) in [7, 11) is 1.74. The Bertz CT molecular complexity index is 528. The molecule has 1 aliphatic rings. The summed E-state index contributed by atoms with van der Waals surface area (Å²) in [5.74, 6) is 0.658. The second-order valence-electron chi connectivity index (χ2n) is 7.10. The van der Waals surface area contributed by atoms with Crippen LogP contribution in [0.2, 0.25) is 0 Å². The molecular formula is C19H30N2O2. The average molecular weight is 318 g/mol. The Morgan fingerprint density at radius 2 is 2.13 bits per heavy atom. The highest BCUT2D eigenvalue weighted by molar-refractivity contribution is 5.87. The fraction of sp³-hybridized carbons (Fsp3) is 0.632. The number of rotatable bonds is 7. The zero-order valence-corrected chi connectivity index (χ0v) is 14.9. The zero-order chi connectivity index (χ0) is 16.9. The van der Waals surface area contributed by atoms with Gasteiger partial charge in [-0.05, 0) is 50.8 Å². The number of benzene rings is 1. The first kappa shape index (κ1) is 18.0. The van der Waals surface area contributed by atoms with E-state index >= 15 is 0 Å². The van der Waals surface area contributed by atoms with Crippen molar-refractivity contribution < 1.29 is 9.53 Å². The summed E-state index contributed by atoms with van der Waals surface area (Å²) in [5.41, 5.74) is 1.77. The van der Waals surface area contributed by atoms with Gasteiger partial charge in [0, 0.05) is 26.7 Å². The molecule has 0 bridgehead atoms. The monoisotopic (exact) mass is 318 g/mol. The number of carbonyl (C=O) groups is 1. The molecule has 1 saturated heterocycles. The number of ether oxygens (including phenoxy) is 1. The van der Waals surface area contributed by atoms with Crippen LogP contribution in [-0.4, -0.2) is 50.7 Å². The lowest BCUT2D eigenvalue weighted by Gasteiger charge is -2.26. The van der Waals surface area contributed by atoms with Crippen LogP contribution >= 0.6 is 0 Å². The number of carbonyl (C=O) groups excluding carboxylic acids is 1. The lowest BCUT2D eigenvalue weighted by atomic mass is 9.81. The SMILES string of the molecule is COCCN1CCC(CNC(=O)C(C)(C)c2ccccc2C)C1. The molecular weight excluding hydrogens is 288 g/mol. The van der Waals surface area contributed by atoms with E-state index in [-0.39, 0.29) is 5.91 Å². The Kier molecular flexibility index (Phi) is 6.19. The minimum Gasteiger partial charge on any atom is -0.383 e. The molecule has 23 heavy (non-hydrogen) atoms. The van der Waals surface area contributed by atoms with Gasteiger partial charge in [0.25, 0.3) is 0 Å². The Balaban J connectivity index is 1.86. The highest BCUT2D eigenvalue weighted by atomic mass is 16.5. The predicted octanol–water partition coefficient (Wildman–Crippen LogP) is 2.36. The van der Waals surface area contributed by atoms with Gasteiger partial charge < -0.3 is 15.0 Å². The van der Waals surface area contributed by atoms with E-state index in [1.165, 1.54) is 5.56 Å². The van der Waals surface area contributed by atoms with E-state index in [2.05, 4.69) is 29.3 Å². The van der Waals surface area contributed by atoms with Crippen molar-refractivity contribution in [3.8, 4) is 0 Å². The standard InChI is InChI=1S/C19H30N2O2/c1-15-7-5-6-8-17(15)19(2,3)18(22)20-13-16-9-10-21(14-16)11-12-23-4/h5-8,16H,9-14H2,1-4H3,(H,20,22). The maximum Gasteiger partial charge on any atom is 0.230 e. The van der Waals surface area contributed by atoms with Crippen molar-refractivity contribution in [3.05, 3.63) is 35.4 Å². The molecule has 1 N–H and O–H groups in total. The number of amides is 1. The van der Waals surface area contributed by atoms with E-state index in [4.69, 9.17) is 4.74 Å². The maximum absolute atomic E-state index is 12.7. The Morgan fingerprint density at radius 1 is 1.39 bits per heavy atom. The smallest absolute Gasteiger partial charge is 0.230 e. The molecule has 1 atom stereocenters. The van der Waals surface area contributed by atoms with Gasteiger partial charge in [-0.2, -0.15) is 0 Å². The van der Waals surface area contributed by atoms with Gasteiger partial charge in [0.2, 0.25) is 5.91 Å². The first-order valence-electron chi connectivity index (χ1n) is 8.51. The molecule has 0 aliphatic carbocycles. The fourth-order valence-corrected chi connectivity index (χ4v) is 3.36. The summed E-state index contributed by atoms with van der Waals surface area (Å²) in [4.78, 5) is 15.1. The van der Waals surface area contributed by atoms with E-state index in [1.807, 2.05) is 26.0 Å². The first-order chi connectivity index (χ1) is 10.9. The van der Waals surface area contributed by atoms with Gasteiger partial charge in [-0.15, -0.1) is 0 Å². The topological polar surface area (TPSA) is 41.6 Å². The third kappa shape index (κ3) is 4.55. The molecule has 1 amide bonds. The Hall–Kier alpha value is -1.39. The number of aryl methyl sites for hydroxylation is 1. The molecule has 1 aliphatic heterocycles. The van der Waals surface area contributed by atoms with Crippen molar-refractivity contribution in [3.63, 3.8) is 0 Å². The largest absolute Gasteiger partial charge is 0.383 e. The molecule has 1 aromatic carbocycles. The van der Waals surface area contributed by atoms with E-state index in [9.17, 15) is 4.79 Å². The zero-order valence-electron chi connectivity index (χ0n) is 14.9. The summed E-state index contributed by atoms with van der Waals surface area (Å²) >= 11 is 0. The van der Waals surface area contributed by atoms with E-state index in [1.54, 1.807) is 7.11 Å². The molecule has 0 saturated carbocycles. The molecule has 0 aromatic heterocycles. The molecule has 0 spiro atoms. The van der Waals surface area contributed by atoms with Crippen LogP contribution in [0.25, 0.3) is 0 Å². The van der Waals surface area contributed by atoms with Crippen molar-refractivity contribution >= 4 is 5.91 Å². The van der Waals surface area contributed by atoms with Gasteiger partial charge in [-0.3, -0.25) is 4.79 Å². The highest BCUT2D eigenvalue weighted by Crippen LogP contribution is 2.26. The molecule has 2 rings (SSSR count). The highest BCUT2D eigenvalue weighted by Gasteiger charge is 2.32. The van der Waals surface area contributed by atoms with E-state index in [0.717, 1.165) is 44.8 Å². The summed E-state index contributed by atoms with van der Waals surface area (Å²) in [6.07, 6.45) is 1.15. The van der Waals surface area contributed by atoms with Crippen LogP contribution in [0.3, 0.4) is 0 Å². The van der Waals surface area contributed by atoms with Gasteiger partial charge in [0.1, 0.15) is 0 Å². The van der Waals surface area contributed by atoms with Gasteiger partial charge in [0.05, 0.1) is 12.0 Å². The third-order valence-corrected chi connectivity index (χ3v) is 4.92. The first-order valence-corrected chi connectivity index (χ1v) is 8.51. The van der Waals surface area contributed by atoms with Gasteiger partial charge in [-0.25, -0.2) is 0 Å². The van der Waals surface area contributed by atoms with E-state index in [0.29, 0.717) is 5.92 Å². The predicted molar refractivity (Wildman–Crippen MR) is 93.6 cm³/mol. The van der Waals surface area contributed by atoms with Crippen molar-refractivity contribution in [1.82, 2.24) is 10.2 Å². The minimum atomic E-state index is -0.500. The Morgan fingerprint density at radius 3 is 2.83 bits per heavy atom. The lowest BCUT2D eigenvalue weighted by molar-refractivity contribution is -0.125. The van der Waals surface area contributed by atoms with Crippen molar-refractivity contribution in [2.24, 2.45) is 5.92 Å². The number of likely N-dealkylation sites (tertiary alicyclic amines) is 1. The van der Waals surface area contributed by atoms with Crippen LogP contribution in [-0.2, 0) is 14.9 Å². The summed E-state index contributed by atoms with van der Waals surface area (Å²) in [5, 5.41) is 3.17. The molecule has 1 fully saturated rings. The van der Waals surface area contributed by atoms with Crippen LogP contribution in [0.15, 0.2) is 24.3 Å². The van der Waals surface area contributed by atoms with Crippen LogP contribution < -0.4 is 5.32 Å². The number of methoxy groups -OCH3 is 1. The summed E-state index contributed by atoms with van der Waals surface area (Å²) < 4.78 is 5.13. The molecule has 1 unspecified atom stereocenters. The number of nitrogens with zero attached hydrogens (tertiary/aromatic N) is 1. The molecule has 4 heteroatoms. The molecule has 1 aromatic rings. The number of hydrogen-bond donors (Lipinski definition) is 1. The second-order valence-corrected chi connectivity index (χ2v) is 7.10. The van der Waals surface area contributed by atoms with Crippen molar-refractivity contribution in [2.45, 2.75) is 32.6 Å². The second kappa shape index (κ2) is 7.93. The van der Waals surface area contributed by atoms with Gasteiger partial charge in [0.15, 0.2) is 0 Å². The lowest BCUT2D eigenvalue weighted by Crippen LogP contribution is -2.42. The molecule has 0 radical (unpaired) electrons. The summed E-state index contributed by atoms with van der Waals surface area (Å²) in [6, 6.07) is 8.13. The van der Waals surface area contributed by atoms with Crippen LogP contribution in [0, 0.1) is 12.8 Å². The van der Waals surface area contributed by atoms with Crippen LogP contribution in [0.1, 0.15) is 31.4 Å². The third-order valence-electron chi connectivity index (χ3n) is 4.92. The van der Waals surface area contributed by atoms with Crippen molar-refractivity contribution in [2.75, 3.05) is 39.9 Å². The van der Waals surface area contributed by atoms with Crippen LogP contribution in [0.4, 0.5) is 0 Å². The normalized spacial score (nSPS) is 19.0. The van der Waals surface area contributed by atoms with Gasteiger partial charge in [-0.1, -0.05) is 24.3 Å². The fourth-order valence-electron chi connectivity index (χ4n) is 3.36. The van der Waals surface area contributed by atoms with Crippen molar-refractivity contribution in [1.29, 1.82) is 0 Å². The van der Waals surface area contributed by atoms with E-state index < -0.39 is 5.41 Å². The number of hydrogen-bond acceptors (Lipinski definition) is 3. The maximum atomic E-state index is 12.7. The molecule has 128 valence electrons. The molecule has 1 heterocycles. The van der Waals surface area contributed by atoms with Gasteiger partial charge >= 0.3 is 0 Å². The Labute approximate surface area is 140 Å². The average Bonchev–Trinajstić information content (AvgIpc) is 2.98. The minimum absolute atomic E-state index is 0.113. The van der Waals surface area contributed by atoms with Crippen LogP contribution in [0.5, 0.6) is 0 Å². The molecule has 4 nitrogen and oxygen atoms in total. The quantitative estimate of drug-likeness (QED) is 0.839.